The lowest BCUT2D eigenvalue weighted by molar-refractivity contribution is 0.475. The topological polar surface area (TPSA) is 152 Å². The Labute approximate surface area is 172 Å². The average Bonchev–Trinajstić information content (AvgIpc) is 3.07. The van der Waals surface area contributed by atoms with Crippen molar-refractivity contribution < 1.29 is 5.11 Å². The zero-order valence-electron chi connectivity index (χ0n) is 16.5. The summed E-state index contributed by atoms with van der Waals surface area (Å²) in [6.45, 7) is 1.91. The van der Waals surface area contributed by atoms with Crippen LogP contribution < -0.4 is 16.8 Å². The van der Waals surface area contributed by atoms with Crippen LogP contribution in [0.4, 0.5) is 17.6 Å². The highest BCUT2D eigenvalue weighted by molar-refractivity contribution is 5.83. The first-order chi connectivity index (χ1) is 14.4. The number of nitrogens with two attached hydrogens (primary N) is 2. The average molecular weight is 400 g/mol. The molecule has 9 heteroatoms. The molecule has 1 aromatic carbocycles. The van der Waals surface area contributed by atoms with Gasteiger partial charge in [0.2, 0.25) is 5.95 Å². The summed E-state index contributed by atoms with van der Waals surface area (Å²) < 4.78 is 1.99. The van der Waals surface area contributed by atoms with Gasteiger partial charge in [0.1, 0.15) is 23.2 Å². The van der Waals surface area contributed by atoms with Crippen molar-refractivity contribution in [3.8, 4) is 22.9 Å². The van der Waals surface area contributed by atoms with Crippen LogP contribution in [0, 0.1) is 11.3 Å². The maximum atomic E-state index is 9.67. The van der Waals surface area contributed by atoms with Gasteiger partial charge < -0.3 is 26.5 Å². The molecule has 4 rings (SSSR count). The highest BCUT2D eigenvalue weighted by Crippen LogP contribution is 2.33. The summed E-state index contributed by atoms with van der Waals surface area (Å²) in [5, 5.41) is 22.3. The number of benzene rings is 1. The third-order valence-electron chi connectivity index (χ3n) is 4.90. The molecular formula is C21H20N8O. The molecule has 4 aromatic rings. The van der Waals surface area contributed by atoms with Gasteiger partial charge in [0.05, 0.1) is 22.8 Å². The Kier molecular flexibility index (Phi) is 4.60. The van der Waals surface area contributed by atoms with E-state index in [9.17, 15) is 10.4 Å². The van der Waals surface area contributed by atoms with Crippen LogP contribution in [-0.2, 0) is 7.05 Å². The third-order valence-corrected chi connectivity index (χ3v) is 4.90. The van der Waals surface area contributed by atoms with Crippen molar-refractivity contribution in [2.75, 3.05) is 16.8 Å². The molecule has 1 atom stereocenters. The summed E-state index contributed by atoms with van der Waals surface area (Å²) in [5.41, 5.74) is 16.0. The van der Waals surface area contributed by atoms with Crippen LogP contribution in [0.2, 0.25) is 0 Å². The van der Waals surface area contributed by atoms with E-state index in [0.717, 1.165) is 27.9 Å². The van der Waals surface area contributed by atoms with Crippen molar-refractivity contribution in [3.63, 3.8) is 0 Å². The third kappa shape index (κ3) is 3.31. The minimum absolute atomic E-state index is 0.0185. The predicted octanol–water partition coefficient (Wildman–Crippen LogP) is 2.95. The van der Waals surface area contributed by atoms with Crippen LogP contribution in [-0.4, -0.2) is 24.6 Å². The lowest BCUT2D eigenvalue weighted by Crippen LogP contribution is -2.15. The summed E-state index contributed by atoms with van der Waals surface area (Å²) in [6, 6.07) is 12.6. The van der Waals surface area contributed by atoms with Crippen molar-refractivity contribution in [2.24, 2.45) is 7.05 Å². The van der Waals surface area contributed by atoms with Crippen LogP contribution in [0.25, 0.3) is 22.2 Å². The summed E-state index contributed by atoms with van der Waals surface area (Å²) in [5.74, 6) is 0.433. The number of rotatable bonds is 4. The minimum Gasteiger partial charge on any atom is -0.508 e. The number of phenolic OH excluding ortho intramolecular Hbond substituents is 1. The zero-order valence-corrected chi connectivity index (χ0v) is 16.5. The second-order valence-electron chi connectivity index (χ2n) is 6.97. The number of anilines is 3. The monoisotopic (exact) mass is 400 g/mol. The number of nitrogens with one attached hydrogen (secondary N) is 1. The second kappa shape index (κ2) is 7.25. The van der Waals surface area contributed by atoms with E-state index >= 15 is 0 Å². The van der Waals surface area contributed by atoms with Gasteiger partial charge in [0.25, 0.3) is 0 Å². The van der Waals surface area contributed by atoms with Crippen LogP contribution in [0.1, 0.15) is 24.2 Å². The van der Waals surface area contributed by atoms with Gasteiger partial charge in [-0.25, -0.2) is 4.98 Å². The van der Waals surface area contributed by atoms with Crippen molar-refractivity contribution >= 4 is 28.6 Å². The van der Waals surface area contributed by atoms with Gasteiger partial charge in [-0.15, -0.1) is 0 Å². The van der Waals surface area contributed by atoms with Gasteiger partial charge in [0.15, 0.2) is 5.82 Å². The van der Waals surface area contributed by atoms with Gasteiger partial charge in [-0.3, -0.25) is 0 Å². The number of aryl methyl sites for hydroxylation is 1. The summed E-state index contributed by atoms with van der Waals surface area (Å²) in [6.07, 6.45) is 1.94. The normalized spacial score (nSPS) is 11.9. The molecule has 0 bridgehead atoms. The van der Waals surface area contributed by atoms with E-state index in [1.807, 2.05) is 49.0 Å². The SMILES string of the molecule is CC(Nc1nc(N)nc(N)c1C#N)c1nc2ccn(C)c2cc1-c1ccc(O)cc1. The molecule has 3 aromatic heterocycles. The van der Waals surface area contributed by atoms with E-state index in [-0.39, 0.29) is 34.9 Å². The lowest BCUT2D eigenvalue weighted by atomic mass is 9.99. The molecule has 0 radical (unpaired) electrons. The summed E-state index contributed by atoms with van der Waals surface area (Å²) in [4.78, 5) is 12.8. The molecule has 1 unspecified atom stereocenters. The molecule has 6 N–H and O–H groups in total. The molecule has 0 aliphatic heterocycles. The lowest BCUT2D eigenvalue weighted by Gasteiger charge is -2.19. The number of pyridine rings is 1. The largest absolute Gasteiger partial charge is 0.508 e. The molecular weight excluding hydrogens is 380 g/mol. The fraction of sp³-hybridized carbons (Fsp3) is 0.143. The number of fused-ring (bicyclic) bond motifs is 1. The molecule has 30 heavy (non-hydrogen) atoms. The number of hydrogen-bond donors (Lipinski definition) is 4. The number of phenols is 1. The molecule has 0 saturated carbocycles. The van der Waals surface area contributed by atoms with Crippen LogP contribution in [0.3, 0.4) is 0 Å². The Bertz CT molecular complexity index is 1290. The van der Waals surface area contributed by atoms with Crippen LogP contribution in [0.15, 0.2) is 42.6 Å². The van der Waals surface area contributed by atoms with Crippen LogP contribution in [0.5, 0.6) is 5.75 Å². The maximum absolute atomic E-state index is 9.67. The molecule has 0 aliphatic carbocycles. The smallest absolute Gasteiger partial charge is 0.224 e. The number of nitriles is 1. The number of nitrogen functional groups attached to an aromatic ring is 2. The predicted molar refractivity (Wildman–Crippen MR) is 115 cm³/mol. The highest BCUT2D eigenvalue weighted by atomic mass is 16.3. The van der Waals surface area contributed by atoms with Gasteiger partial charge in [-0.05, 0) is 36.8 Å². The van der Waals surface area contributed by atoms with E-state index in [1.165, 1.54) is 0 Å². The minimum atomic E-state index is -0.334. The van der Waals surface area contributed by atoms with Crippen molar-refractivity contribution in [3.05, 3.63) is 53.9 Å². The molecule has 0 amide bonds. The Morgan fingerprint density at radius 1 is 1.13 bits per heavy atom. The Morgan fingerprint density at radius 2 is 1.87 bits per heavy atom. The number of hydrogen-bond acceptors (Lipinski definition) is 8. The molecule has 3 heterocycles. The van der Waals surface area contributed by atoms with Crippen molar-refractivity contribution in [2.45, 2.75) is 13.0 Å². The molecule has 0 fully saturated rings. The fourth-order valence-corrected chi connectivity index (χ4v) is 3.39. The number of aromatic hydroxyl groups is 1. The molecule has 0 aliphatic rings. The summed E-state index contributed by atoms with van der Waals surface area (Å²) >= 11 is 0. The number of nitrogens with zero attached hydrogens (tertiary/aromatic N) is 5. The first-order valence-corrected chi connectivity index (χ1v) is 9.22. The Hall–Kier alpha value is -4.32. The van der Waals surface area contributed by atoms with E-state index in [0.29, 0.717) is 0 Å². The van der Waals surface area contributed by atoms with Gasteiger partial charge >= 0.3 is 0 Å². The van der Waals surface area contributed by atoms with E-state index in [2.05, 4.69) is 21.4 Å². The van der Waals surface area contributed by atoms with E-state index < -0.39 is 0 Å². The molecule has 0 saturated heterocycles. The standard InChI is InChI=1S/C21H20N8O/c1-11(25-20-15(10-22)19(23)27-21(24)28-20)18-14(12-3-5-13(30)6-4-12)9-17-16(26-18)7-8-29(17)2/h3-9,11,30H,1-2H3,(H5,23,24,25,27,28). The molecule has 150 valence electrons. The quantitative estimate of drug-likeness (QED) is 0.408. The van der Waals surface area contributed by atoms with E-state index in [1.54, 1.807) is 12.1 Å². The first kappa shape index (κ1) is 19.0. The maximum Gasteiger partial charge on any atom is 0.224 e. The fourth-order valence-electron chi connectivity index (χ4n) is 3.39. The van der Waals surface area contributed by atoms with Gasteiger partial charge in [-0.2, -0.15) is 15.2 Å². The Morgan fingerprint density at radius 3 is 2.57 bits per heavy atom. The van der Waals surface area contributed by atoms with Crippen molar-refractivity contribution in [1.82, 2.24) is 19.5 Å². The van der Waals surface area contributed by atoms with E-state index in [4.69, 9.17) is 16.5 Å². The van der Waals surface area contributed by atoms with Gasteiger partial charge in [0, 0.05) is 18.8 Å². The molecule has 9 nitrogen and oxygen atoms in total. The highest BCUT2D eigenvalue weighted by Gasteiger charge is 2.20. The second-order valence-corrected chi connectivity index (χ2v) is 6.97. The zero-order chi connectivity index (χ0) is 21.4. The van der Waals surface area contributed by atoms with Crippen molar-refractivity contribution in [1.29, 1.82) is 5.26 Å². The molecule has 0 spiro atoms. The first-order valence-electron chi connectivity index (χ1n) is 9.22. The number of aromatic nitrogens is 4. The summed E-state index contributed by atoms with van der Waals surface area (Å²) in [7, 11) is 1.96. The van der Waals surface area contributed by atoms with Gasteiger partial charge in [-0.1, -0.05) is 12.1 Å². The van der Waals surface area contributed by atoms with Crippen LogP contribution >= 0.6 is 0 Å². The Balaban J connectivity index is 1.84.